The van der Waals surface area contributed by atoms with Gasteiger partial charge in [0.05, 0.1) is 5.69 Å². The van der Waals surface area contributed by atoms with Crippen molar-refractivity contribution in [2.24, 2.45) is 0 Å². The Balaban J connectivity index is 2.08. The third-order valence-electron chi connectivity index (χ3n) is 3.37. The molecule has 6 heteroatoms. The Morgan fingerprint density at radius 2 is 2.10 bits per heavy atom. The summed E-state index contributed by atoms with van der Waals surface area (Å²) in [6, 6.07) is 9.29. The van der Waals surface area contributed by atoms with Gasteiger partial charge in [-0.3, -0.25) is 4.79 Å². The maximum atomic E-state index is 12.2. The van der Waals surface area contributed by atoms with Gasteiger partial charge >= 0.3 is 0 Å². The first kappa shape index (κ1) is 13.1. The van der Waals surface area contributed by atoms with Gasteiger partial charge in [0.25, 0.3) is 5.56 Å². The molecule has 2 heterocycles. The van der Waals surface area contributed by atoms with Crippen molar-refractivity contribution in [2.75, 3.05) is 0 Å². The second kappa shape index (κ2) is 4.87. The number of aryl methyl sites for hydroxylation is 1. The lowest BCUT2D eigenvalue weighted by atomic mass is 10.1. The molecule has 2 aromatic heterocycles. The number of nitriles is 1. The summed E-state index contributed by atoms with van der Waals surface area (Å²) in [6.07, 6.45) is 0. The molecule has 104 valence electrons. The normalized spacial score (nSPS) is 10.7. The van der Waals surface area contributed by atoms with Gasteiger partial charge in [-0.15, -0.1) is 0 Å². The quantitative estimate of drug-likeness (QED) is 0.716. The van der Waals surface area contributed by atoms with Gasteiger partial charge in [-0.05, 0) is 31.5 Å². The number of fused-ring (bicyclic) bond motifs is 1. The summed E-state index contributed by atoms with van der Waals surface area (Å²) in [4.78, 5) is 16.5. The van der Waals surface area contributed by atoms with E-state index in [4.69, 9.17) is 9.68 Å². The van der Waals surface area contributed by atoms with E-state index in [0.717, 1.165) is 5.52 Å². The molecule has 0 N–H and O–H groups in total. The molecule has 0 aliphatic rings. The van der Waals surface area contributed by atoms with E-state index in [1.807, 2.05) is 30.3 Å². The molecule has 3 aromatic rings. The van der Waals surface area contributed by atoms with Crippen molar-refractivity contribution in [3.05, 3.63) is 57.3 Å². The fourth-order valence-corrected chi connectivity index (χ4v) is 2.13. The van der Waals surface area contributed by atoms with E-state index in [-0.39, 0.29) is 12.1 Å². The highest BCUT2D eigenvalue weighted by Gasteiger charge is 2.14. The summed E-state index contributed by atoms with van der Waals surface area (Å²) in [5, 5.41) is 13.3. The molecule has 0 radical (unpaired) electrons. The SMILES string of the molecule is Cc1nn(Cc2nc3ccccc3o2)c(=O)c(C#N)c1C. The highest BCUT2D eigenvalue weighted by molar-refractivity contribution is 5.72. The molecule has 0 amide bonds. The first-order chi connectivity index (χ1) is 10.1. The van der Waals surface area contributed by atoms with Crippen molar-refractivity contribution >= 4 is 11.1 Å². The van der Waals surface area contributed by atoms with Crippen molar-refractivity contribution in [1.29, 1.82) is 5.26 Å². The number of para-hydroxylation sites is 2. The van der Waals surface area contributed by atoms with Crippen LogP contribution < -0.4 is 5.56 Å². The maximum absolute atomic E-state index is 12.2. The number of rotatable bonds is 2. The zero-order valence-electron chi connectivity index (χ0n) is 11.6. The van der Waals surface area contributed by atoms with Crippen LogP contribution in [0.1, 0.15) is 22.7 Å². The van der Waals surface area contributed by atoms with E-state index >= 15 is 0 Å². The third-order valence-corrected chi connectivity index (χ3v) is 3.37. The summed E-state index contributed by atoms with van der Waals surface area (Å²) in [7, 11) is 0. The first-order valence-electron chi connectivity index (χ1n) is 6.43. The molecule has 0 spiro atoms. The van der Waals surface area contributed by atoms with E-state index in [1.54, 1.807) is 13.8 Å². The van der Waals surface area contributed by atoms with Crippen molar-refractivity contribution in [1.82, 2.24) is 14.8 Å². The molecular weight excluding hydrogens is 268 g/mol. The summed E-state index contributed by atoms with van der Waals surface area (Å²) >= 11 is 0. The zero-order chi connectivity index (χ0) is 15.0. The smallest absolute Gasteiger partial charge is 0.285 e. The van der Waals surface area contributed by atoms with Crippen LogP contribution in [-0.2, 0) is 6.54 Å². The molecule has 0 unspecified atom stereocenters. The van der Waals surface area contributed by atoms with Gasteiger partial charge in [0.1, 0.15) is 23.7 Å². The van der Waals surface area contributed by atoms with Crippen LogP contribution in [0.2, 0.25) is 0 Å². The Kier molecular flexibility index (Phi) is 3.03. The lowest BCUT2D eigenvalue weighted by molar-refractivity contribution is 0.478. The van der Waals surface area contributed by atoms with Gasteiger partial charge in [0.15, 0.2) is 5.58 Å². The highest BCUT2D eigenvalue weighted by atomic mass is 16.3. The largest absolute Gasteiger partial charge is 0.439 e. The molecule has 0 saturated heterocycles. The minimum absolute atomic E-state index is 0.101. The van der Waals surface area contributed by atoms with Crippen molar-refractivity contribution in [3.63, 3.8) is 0 Å². The molecule has 0 bridgehead atoms. The van der Waals surface area contributed by atoms with E-state index < -0.39 is 5.56 Å². The number of aromatic nitrogens is 3. The Morgan fingerprint density at radius 3 is 2.81 bits per heavy atom. The Labute approximate surface area is 120 Å². The third kappa shape index (κ3) is 2.19. The van der Waals surface area contributed by atoms with Crippen LogP contribution in [0.3, 0.4) is 0 Å². The van der Waals surface area contributed by atoms with Gasteiger partial charge in [-0.1, -0.05) is 12.1 Å². The van der Waals surface area contributed by atoms with Gasteiger partial charge in [-0.2, -0.15) is 10.4 Å². The van der Waals surface area contributed by atoms with Crippen molar-refractivity contribution in [3.8, 4) is 6.07 Å². The van der Waals surface area contributed by atoms with Crippen LogP contribution in [0.25, 0.3) is 11.1 Å². The molecule has 0 saturated carbocycles. The highest BCUT2D eigenvalue weighted by Crippen LogP contribution is 2.15. The lowest BCUT2D eigenvalue weighted by Gasteiger charge is -2.06. The maximum Gasteiger partial charge on any atom is 0.285 e. The van der Waals surface area contributed by atoms with Crippen molar-refractivity contribution < 1.29 is 4.42 Å². The van der Waals surface area contributed by atoms with Crippen LogP contribution >= 0.6 is 0 Å². The van der Waals surface area contributed by atoms with Crippen LogP contribution in [0.15, 0.2) is 33.5 Å². The number of hydrogen-bond donors (Lipinski definition) is 0. The molecule has 21 heavy (non-hydrogen) atoms. The summed E-state index contributed by atoms with van der Waals surface area (Å²) in [6.45, 7) is 3.58. The minimum Gasteiger partial charge on any atom is -0.439 e. The van der Waals surface area contributed by atoms with Crippen LogP contribution in [-0.4, -0.2) is 14.8 Å². The number of oxazole rings is 1. The van der Waals surface area contributed by atoms with Gasteiger partial charge in [0, 0.05) is 0 Å². The fraction of sp³-hybridized carbons (Fsp3) is 0.200. The number of nitrogens with zero attached hydrogens (tertiary/aromatic N) is 4. The van der Waals surface area contributed by atoms with Gasteiger partial charge in [0.2, 0.25) is 5.89 Å². The number of hydrogen-bond acceptors (Lipinski definition) is 5. The Bertz CT molecular complexity index is 898. The van der Waals surface area contributed by atoms with Crippen LogP contribution in [0, 0.1) is 25.2 Å². The standard InChI is InChI=1S/C15H12N4O2/c1-9-10(2)18-19(15(20)11(9)7-16)8-14-17-12-5-3-4-6-13(12)21-14/h3-6H,8H2,1-2H3. The van der Waals surface area contributed by atoms with E-state index in [1.165, 1.54) is 4.68 Å². The Morgan fingerprint density at radius 1 is 1.33 bits per heavy atom. The van der Waals surface area contributed by atoms with Gasteiger partial charge < -0.3 is 4.42 Å². The predicted octanol–water partition coefficient (Wildman–Crippen LogP) is 1.92. The molecule has 1 aromatic carbocycles. The molecular formula is C15H12N4O2. The summed E-state index contributed by atoms with van der Waals surface area (Å²) in [5.41, 5.74) is 2.31. The molecule has 0 atom stereocenters. The Hall–Kier alpha value is -2.94. The average molecular weight is 280 g/mol. The second-order valence-corrected chi connectivity index (χ2v) is 4.74. The molecule has 0 aliphatic heterocycles. The molecule has 0 aliphatic carbocycles. The predicted molar refractivity (Wildman–Crippen MR) is 75.8 cm³/mol. The molecule has 0 fully saturated rings. The van der Waals surface area contributed by atoms with Crippen LogP contribution in [0.4, 0.5) is 0 Å². The van der Waals surface area contributed by atoms with E-state index in [0.29, 0.717) is 22.7 Å². The minimum atomic E-state index is -0.428. The topological polar surface area (TPSA) is 84.7 Å². The monoisotopic (exact) mass is 280 g/mol. The van der Waals surface area contributed by atoms with Crippen LogP contribution in [0.5, 0.6) is 0 Å². The van der Waals surface area contributed by atoms with Gasteiger partial charge in [-0.25, -0.2) is 9.67 Å². The summed E-state index contributed by atoms with van der Waals surface area (Å²) in [5.74, 6) is 0.387. The van der Waals surface area contributed by atoms with E-state index in [9.17, 15) is 4.79 Å². The van der Waals surface area contributed by atoms with Crippen molar-refractivity contribution in [2.45, 2.75) is 20.4 Å². The summed E-state index contributed by atoms with van der Waals surface area (Å²) < 4.78 is 6.79. The lowest BCUT2D eigenvalue weighted by Crippen LogP contribution is -2.28. The zero-order valence-corrected chi connectivity index (χ0v) is 11.6. The molecule has 3 rings (SSSR count). The number of benzene rings is 1. The van der Waals surface area contributed by atoms with E-state index in [2.05, 4.69) is 10.1 Å². The first-order valence-corrected chi connectivity index (χ1v) is 6.43. The second-order valence-electron chi connectivity index (χ2n) is 4.74. The average Bonchev–Trinajstić information content (AvgIpc) is 2.87. The fourth-order valence-electron chi connectivity index (χ4n) is 2.13. The molecule has 6 nitrogen and oxygen atoms in total.